The highest BCUT2D eigenvalue weighted by Gasteiger charge is 2.44. The molecule has 36 heavy (non-hydrogen) atoms. The Morgan fingerprint density at radius 1 is 1.00 bits per heavy atom. The fraction of sp³-hybridized carbons (Fsp3) is 0.609. The van der Waals surface area contributed by atoms with Gasteiger partial charge in [0.2, 0.25) is 15.9 Å². The number of hydrogen-bond acceptors (Lipinski definition) is 8. The van der Waals surface area contributed by atoms with Gasteiger partial charge in [0.25, 0.3) is 5.91 Å². The first-order valence-corrected chi connectivity index (χ1v) is 13.2. The minimum absolute atomic E-state index is 0.0259. The third-order valence-electron chi connectivity index (χ3n) is 6.22. The van der Waals surface area contributed by atoms with Crippen LogP contribution >= 0.6 is 0 Å². The molecule has 0 saturated carbocycles. The number of carbonyl (C=O) groups is 3. The molecular formula is C23H34N4O8S. The molecule has 200 valence electrons. The first-order valence-electron chi connectivity index (χ1n) is 11.7. The molecule has 1 aromatic rings. The monoisotopic (exact) mass is 526 g/mol. The molecule has 13 heteroatoms. The van der Waals surface area contributed by atoms with Gasteiger partial charge in [-0.15, -0.1) is 0 Å². The number of benzene rings is 1. The number of carbonyl (C=O) groups excluding carboxylic acids is 3. The molecule has 2 N–H and O–H groups in total. The van der Waals surface area contributed by atoms with E-state index in [1.54, 1.807) is 30.6 Å². The molecule has 2 fully saturated rings. The second kappa shape index (κ2) is 11.0. The van der Waals surface area contributed by atoms with Crippen LogP contribution in [0, 0.1) is 5.92 Å². The van der Waals surface area contributed by atoms with E-state index in [1.165, 1.54) is 36.9 Å². The van der Waals surface area contributed by atoms with Crippen molar-refractivity contribution in [1.82, 2.24) is 19.6 Å². The number of sulfonamides is 1. The Labute approximate surface area is 211 Å². The fourth-order valence-electron chi connectivity index (χ4n) is 4.35. The molecule has 2 unspecified atom stereocenters. The van der Waals surface area contributed by atoms with Crippen molar-refractivity contribution in [2.24, 2.45) is 5.92 Å². The van der Waals surface area contributed by atoms with E-state index in [9.17, 15) is 28.0 Å². The van der Waals surface area contributed by atoms with Crippen LogP contribution in [-0.4, -0.2) is 97.1 Å². The van der Waals surface area contributed by atoms with E-state index in [0.717, 1.165) is 4.31 Å². The van der Waals surface area contributed by atoms with Gasteiger partial charge in [-0.3, -0.25) is 14.8 Å². The van der Waals surface area contributed by atoms with Crippen molar-refractivity contribution in [3.05, 3.63) is 24.3 Å². The fourth-order valence-corrected chi connectivity index (χ4v) is 5.96. The van der Waals surface area contributed by atoms with Crippen LogP contribution in [0.5, 0.6) is 5.75 Å². The highest BCUT2D eigenvalue weighted by atomic mass is 32.2. The number of rotatable bonds is 5. The van der Waals surface area contributed by atoms with Crippen molar-refractivity contribution in [3.63, 3.8) is 0 Å². The molecule has 0 spiro atoms. The van der Waals surface area contributed by atoms with Gasteiger partial charge < -0.3 is 19.3 Å². The SMILES string of the molecule is COc1ccc(S(=O)(=O)N2CCC(C(=O)N3CCN(C(=O)OC(C)(C)C)CC3)CC2C(=O)NO)cc1. The van der Waals surface area contributed by atoms with Gasteiger partial charge in [-0.25, -0.2) is 18.7 Å². The van der Waals surface area contributed by atoms with E-state index >= 15 is 0 Å². The number of piperidine rings is 1. The molecular weight excluding hydrogens is 492 g/mol. The maximum Gasteiger partial charge on any atom is 0.410 e. The zero-order valence-corrected chi connectivity index (χ0v) is 21.8. The van der Waals surface area contributed by atoms with Gasteiger partial charge >= 0.3 is 6.09 Å². The quantitative estimate of drug-likeness (QED) is 0.428. The Morgan fingerprint density at radius 2 is 1.58 bits per heavy atom. The number of hydroxylamine groups is 1. The zero-order chi connectivity index (χ0) is 26.7. The number of nitrogens with one attached hydrogen (secondary N) is 1. The van der Waals surface area contributed by atoms with E-state index in [-0.39, 0.29) is 30.2 Å². The van der Waals surface area contributed by atoms with Crippen molar-refractivity contribution in [1.29, 1.82) is 0 Å². The molecule has 2 aliphatic rings. The summed E-state index contributed by atoms with van der Waals surface area (Å²) >= 11 is 0. The molecule has 0 aromatic heterocycles. The third kappa shape index (κ3) is 6.26. The summed E-state index contributed by atoms with van der Waals surface area (Å²) in [5.74, 6) is -1.24. The van der Waals surface area contributed by atoms with E-state index in [4.69, 9.17) is 9.47 Å². The predicted molar refractivity (Wildman–Crippen MR) is 128 cm³/mol. The highest BCUT2D eigenvalue weighted by Crippen LogP contribution is 2.31. The Balaban J connectivity index is 1.68. The topological polar surface area (TPSA) is 146 Å². The van der Waals surface area contributed by atoms with Crippen molar-refractivity contribution < 1.29 is 37.5 Å². The Morgan fingerprint density at radius 3 is 2.11 bits per heavy atom. The predicted octanol–water partition coefficient (Wildman–Crippen LogP) is 1.05. The first-order chi connectivity index (χ1) is 16.9. The second-order valence-electron chi connectivity index (χ2n) is 9.80. The van der Waals surface area contributed by atoms with Crippen LogP contribution in [0.25, 0.3) is 0 Å². The van der Waals surface area contributed by atoms with E-state index < -0.39 is 39.6 Å². The summed E-state index contributed by atoms with van der Waals surface area (Å²) in [5.41, 5.74) is 0.916. The van der Waals surface area contributed by atoms with Crippen LogP contribution in [0.1, 0.15) is 33.6 Å². The molecule has 0 radical (unpaired) electrons. The molecule has 1 aromatic carbocycles. The standard InChI is InChI=1S/C23H34N4O8S/c1-23(2,3)35-22(30)26-13-11-25(12-14-26)21(29)16-9-10-27(19(15-16)20(28)24-31)36(32,33)18-7-5-17(34-4)6-8-18/h5-8,16,19,31H,9-15H2,1-4H3,(H,24,28). The summed E-state index contributed by atoms with van der Waals surface area (Å²) in [4.78, 5) is 41.1. The zero-order valence-electron chi connectivity index (χ0n) is 21.0. The van der Waals surface area contributed by atoms with Gasteiger partial charge in [0.1, 0.15) is 17.4 Å². The maximum atomic E-state index is 13.3. The van der Waals surface area contributed by atoms with Gasteiger partial charge in [0.05, 0.1) is 12.0 Å². The maximum absolute atomic E-state index is 13.3. The largest absolute Gasteiger partial charge is 0.497 e. The molecule has 2 atom stereocenters. The number of hydrogen-bond donors (Lipinski definition) is 2. The van der Waals surface area contributed by atoms with Crippen molar-refractivity contribution in [2.45, 2.75) is 50.2 Å². The van der Waals surface area contributed by atoms with Gasteiger partial charge in [0, 0.05) is 38.6 Å². The van der Waals surface area contributed by atoms with Gasteiger partial charge in [-0.1, -0.05) is 0 Å². The highest BCUT2D eigenvalue weighted by molar-refractivity contribution is 7.89. The summed E-state index contributed by atoms with van der Waals surface area (Å²) in [6.07, 6.45) is -0.297. The Hall–Kier alpha value is -2.90. The van der Waals surface area contributed by atoms with Crippen LogP contribution in [0.3, 0.4) is 0 Å². The molecule has 12 nitrogen and oxygen atoms in total. The summed E-state index contributed by atoms with van der Waals surface area (Å²) in [7, 11) is -2.61. The Kier molecular flexibility index (Phi) is 8.47. The smallest absolute Gasteiger partial charge is 0.410 e. The average molecular weight is 527 g/mol. The van der Waals surface area contributed by atoms with Gasteiger partial charge in [0.15, 0.2) is 0 Å². The molecule has 0 bridgehead atoms. The van der Waals surface area contributed by atoms with Crippen LogP contribution in [0.2, 0.25) is 0 Å². The van der Waals surface area contributed by atoms with Crippen molar-refractivity contribution >= 4 is 27.9 Å². The first kappa shape index (κ1) is 27.7. The summed E-state index contributed by atoms with van der Waals surface area (Å²) in [6.45, 7) is 6.51. The number of ether oxygens (including phenoxy) is 2. The minimum Gasteiger partial charge on any atom is -0.497 e. The second-order valence-corrected chi connectivity index (χ2v) is 11.7. The van der Waals surface area contributed by atoms with Gasteiger partial charge in [-0.2, -0.15) is 4.31 Å². The Bertz CT molecular complexity index is 1060. The van der Waals surface area contributed by atoms with E-state index in [1.807, 2.05) is 0 Å². The number of amides is 3. The molecule has 2 aliphatic heterocycles. The lowest BCUT2D eigenvalue weighted by Crippen LogP contribution is -2.57. The lowest BCUT2D eigenvalue weighted by atomic mass is 9.90. The summed E-state index contributed by atoms with van der Waals surface area (Å²) in [6, 6.07) is 4.50. The molecule has 0 aliphatic carbocycles. The molecule has 2 heterocycles. The average Bonchev–Trinajstić information content (AvgIpc) is 2.86. The lowest BCUT2D eigenvalue weighted by molar-refractivity contribution is -0.142. The normalized spacial score (nSPS) is 21.6. The van der Waals surface area contributed by atoms with Crippen molar-refractivity contribution in [3.8, 4) is 5.75 Å². The van der Waals surface area contributed by atoms with Crippen LogP contribution in [0.15, 0.2) is 29.2 Å². The molecule has 3 amide bonds. The van der Waals surface area contributed by atoms with Crippen LogP contribution < -0.4 is 10.2 Å². The number of methoxy groups -OCH3 is 1. The molecule has 2 saturated heterocycles. The van der Waals surface area contributed by atoms with Crippen LogP contribution in [0.4, 0.5) is 4.79 Å². The lowest BCUT2D eigenvalue weighted by Gasteiger charge is -2.40. The number of piperazine rings is 1. The van der Waals surface area contributed by atoms with Crippen LogP contribution in [-0.2, 0) is 24.3 Å². The molecule has 3 rings (SSSR count). The summed E-state index contributed by atoms with van der Waals surface area (Å²) < 4.78 is 38.0. The summed E-state index contributed by atoms with van der Waals surface area (Å²) in [5, 5.41) is 9.26. The third-order valence-corrected chi connectivity index (χ3v) is 8.15. The number of nitrogens with zero attached hydrogens (tertiary/aromatic N) is 3. The van der Waals surface area contributed by atoms with Crippen molar-refractivity contribution in [2.75, 3.05) is 39.8 Å². The van der Waals surface area contributed by atoms with Gasteiger partial charge in [-0.05, 0) is 57.9 Å². The van der Waals surface area contributed by atoms with E-state index in [0.29, 0.717) is 31.9 Å². The van der Waals surface area contributed by atoms with E-state index in [2.05, 4.69) is 0 Å². The minimum atomic E-state index is -4.07.